The molecule has 0 saturated carbocycles. The summed E-state index contributed by atoms with van der Waals surface area (Å²) in [4.78, 5) is 16.6. The molecule has 0 fully saturated rings. The van der Waals surface area contributed by atoms with Crippen LogP contribution in [0.15, 0.2) is 41.4 Å². The van der Waals surface area contributed by atoms with Gasteiger partial charge in [-0.1, -0.05) is 23.4 Å². The van der Waals surface area contributed by atoms with Crippen LogP contribution in [0.5, 0.6) is 0 Å². The lowest BCUT2D eigenvalue weighted by molar-refractivity contribution is -0.384. The van der Waals surface area contributed by atoms with Crippen molar-refractivity contribution in [3.8, 4) is 0 Å². The summed E-state index contributed by atoms with van der Waals surface area (Å²) >= 11 is 0. The van der Waals surface area contributed by atoms with E-state index >= 15 is 0 Å². The Balaban J connectivity index is 0.00000264. The van der Waals surface area contributed by atoms with E-state index in [2.05, 4.69) is 16.7 Å². The molecular weight excluding hydrogens is 322 g/mol. The highest BCUT2D eigenvalue weighted by Gasteiger charge is 2.13. The molecule has 1 aromatic carbocycles. The molecule has 0 radical (unpaired) electrons. The van der Waals surface area contributed by atoms with Crippen molar-refractivity contribution in [2.75, 3.05) is 6.54 Å². The zero-order valence-corrected chi connectivity index (χ0v) is 13.2. The molecule has 2 aromatic rings. The number of nitro benzene ring substituents is 1. The number of aromatic nitrogens is 2. The molecule has 0 bridgehead atoms. The second kappa shape index (κ2) is 8.99. The van der Waals surface area contributed by atoms with E-state index < -0.39 is 4.92 Å². The maximum atomic E-state index is 10.8. The molecule has 9 heteroatoms. The SMILES string of the molecule is C=CCN(Cc1cccc([N+](=O)[O-])c1)Cc1noc(CN)n1.Cl. The van der Waals surface area contributed by atoms with E-state index in [1.54, 1.807) is 18.2 Å². The van der Waals surface area contributed by atoms with Gasteiger partial charge in [-0.05, 0) is 5.56 Å². The number of non-ortho nitro benzene ring substituents is 1. The summed E-state index contributed by atoms with van der Waals surface area (Å²) in [5.41, 5.74) is 6.33. The van der Waals surface area contributed by atoms with E-state index in [-0.39, 0.29) is 24.6 Å². The molecule has 0 atom stereocenters. The summed E-state index contributed by atoms with van der Waals surface area (Å²) in [6, 6.07) is 6.52. The van der Waals surface area contributed by atoms with Crippen LogP contribution >= 0.6 is 12.4 Å². The van der Waals surface area contributed by atoms with Gasteiger partial charge in [-0.3, -0.25) is 15.0 Å². The fourth-order valence-electron chi connectivity index (χ4n) is 2.03. The van der Waals surface area contributed by atoms with Gasteiger partial charge < -0.3 is 10.3 Å². The van der Waals surface area contributed by atoms with Gasteiger partial charge in [-0.15, -0.1) is 19.0 Å². The van der Waals surface area contributed by atoms with Gasteiger partial charge in [0.25, 0.3) is 5.69 Å². The Labute approximate surface area is 139 Å². The Morgan fingerprint density at radius 1 is 1.43 bits per heavy atom. The molecule has 0 aliphatic heterocycles. The van der Waals surface area contributed by atoms with Gasteiger partial charge in [0.05, 0.1) is 18.0 Å². The largest absolute Gasteiger partial charge is 0.338 e. The lowest BCUT2D eigenvalue weighted by atomic mass is 10.2. The van der Waals surface area contributed by atoms with E-state index in [0.717, 1.165) is 5.56 Å². The van der Waals surface area contributed by atoms with Gasteiger partial charge in [0.2, 0.25) is 5.89 Å². The number of halogens is 1. The molecule has 8 nitrogen and oxygen atoms in total. The van der Waals surface area contributed by atoms with Crippen molar-refractivity contribution < 1.29 is 9.45 Å². The van der Waals surface area contributed by atoms with Crippen LogP contribution in [0.3, 0.4) is 0 Å². The van der Waals surface area contributed by atoms with Crippen molar-refractivity contribution in [3.63, 3.8) is 0 Å². The molecule has 23 heavy (non-hydrogen) atoms. The minimum Gasteiger partial charge on any atom is -0.338 e. The summed E-state index contributed by atoms with van der Waals surface area (Å²) in [6.45, 7) is 5.46. The topological polar surface area (TPSA) is 111 Å². The molecule has 0 unspecified atom stereocenters. The van der Waals surface area contributed by atoms with Gasteiger partial charge in [-0.25, -0.2) is 0 Å². The third kappa shape index (κ3) is 5.44. The van der Waals surface area contributed by atoms with Gasteiger partial charge in [0.15, 0.2) is 5.82 Å². The average Bonchev–Trinajstić information content (AvgIpc) is 2.95. The monoisotopic (exact) mass is 339 g/mol. The van der Waals surface area contributed by atoms with Crippen molar-refractivity contribution in [2.24, 2.45) is 5.73 Å². The number of hydrogen-bond acceptors (Lipinski definition) is 7. The van der Waals surface area contributed by atoms with E-state index in [1.807, 2.05) is 11.0 Å². The van der Waals surface area contributed by atoms with E-state index in [4.69, 9.17) is 10.3 Å². The highest BCUT2D eigenvalue weighted by molar-refractivity contribution is 5.85. The summed E-state index contributed by atoms with van der Waals surface area (Å²) in [6.07, 6.45) is 1.75. The summed E-state index contributed by atoms with van der Waals surface area (Å²) < 4.78 is 4.97. The molecule has 0 spiro atoms. The first-order valence-electron chi connectivity index (χ1n) is 6.70. The second-order valence-corrected chi connectivity index (χ2v) is 4.69. The minimum absolute atomic E-state index is 0. The second-order valence-electron chi connectivity index (χ2n) is 4.69. The number of nitrogens with two attached hydrogens (primary N) is 1. The highest BCUT2D eigenvalue weighted by Crippen LogP contribution is 2.15. The summed E-state index contributed by atoms with van der Waals surface area (Å²) in [5.74, 6) is 0.900. The van der Waals surface area contributed by atoms with Gasteiger partial charge in [0.1, 0.15) is 0 Å². The number of benzene rings is 1. The van der Waals surface area contributed by atoms with Crippen LogP contribution in [-0.2, 0) is 19.6 Å². The first kappa shape index (κ1) is 18.8. The molecule has 0 aliphatic carbocycles. The zero-order chi connectivity index (χ0) is 15.9. The highest BCUT2D eigenvalue weighted by atomic mass is 35.5. The van der Waals surface area contributed by atoms with Crippen LogP contribution in [-0.4, -0.2) is 26.5 Å². The maximum Gasteiger partial charge on any atom is 0.269 e. The molecule has 1 heterocycles. The molecule has 124 valence electrons. The Bertz CT molecular complexity index is 661. The lowest BCUT2D eigenvalue weighted by Gasteiger charge is -2.18. The summed E-state index contributed by atoms with van der Waals surface area (Å²) in [5, 5.41) is 14.7. The standard InChI is InChI=1S/C14H17N5O3.ClH/c1-2-6-18(10-13-16-14(8-15)22-17-13)9-11-4-3-5-12(7-11)19(20)21;/h2-5,7H,1,6,8-10,15H2;1H. The Morgan fingerprint density at radius 3 is 2.83 bits per heavy atom. The number of rotatable bonds is 8. The van der Waals surface area contributed by atoms with Crippen LogP contribution in [0, 0.1) is 10.1 Å². The molecule has 0 amide bonds. The van der Waals surface area contributed by atoms with Gasteiger partial charge in [-0.2, -0.15) is 4.98 Å². The van der Waals surface area contributed by atoms with Crippen molar-refractivity contribution in [2.45, 2.75) is 19.6 Å². The Hall–Kier alpha value is -2.29. The van der Waals surface area contributed by atoms with E-state index in [1.165, 1.54) is 6.07 Å². The molecule has 0 saturated heterocycles. The quantitative estimate of drug-likeness (QED) is 0.445. The fourth-order valence-corrected chi connectivity index (χ4v) is 2.03. The molecule has 2 N–H and O–H groups in total. The van der Waals surface area contributed by atoms with Crippen LogP contribution in [0.25, 0.3) is 0 Å². The van der Waals surface area contributed by atoms with Gasteiger partial charge >= 0.3 is 0 Å². The number of hydrogen-bond donors (Lipinski definition) is 1. The first-order chi connectivity index (χ1) is 10.6. The third-order valence-electron chi connectivity index (χ3n) is 2.96. The maximum absolute atomic E-state index is 10.8. The van der Waals surface area contributed by atoms with Crippen LogP contribution in [0.1, 0.15) is 17.3 Å². The number of nitrogens with zero attached hydrogens (tertiary/aromatic N) is 4. The van der Waals surface area contributed by atoms with Crippen molar-refractivity contribution in [1.82, 2.24) is 15.0 Å². The third-order valence-corrected chi connectivity index (χ3v) is 2.96. The molecule has 2 rings (SSSR count). The molecule has 1 aromatic heterocycles. The average molecular weight is 340 g/mol. The predicted octanol–water partition coefficient (Wildman–Crippen LogP) is 2.05. The van der Waals surface area contributed by atoms with E-state index in [0.29, 0.717) is 31.3 Å². The van der Waals surface area contributed by atoms with Crippen LogP contribution < -0.4 is 5.73 Å². The van der Waals surface area contributed by atoms with Crippen LogP contribution in [0.4, 0.5) is 5.69 Å². The number of nitro groups is 1. The smallest absolute Gasteiger partial charge is 0.269 e. The Morgan fingerprint density at radius 2 is 2.22 bits per heavy atom. The molecule has 0 aliphatic rings. The van der Waals surface area contributed by atoms with Crippen molar-refractivity contribution in [1.29, 1.82) is 0 Å². The predicted molar refractivity (Wildman–Crippen MR) is 86.8 cm³/mol. The lowest BCUT2D eigenvalue weighted by Crippen LogP contribution is -2.23. The van der Waals surface area contributed by atoms with Crippen molar-refractivity contribution in [3.05, 3.63) is 64.3 Å². The minimum atomic E-state index is -0.409. The Kier molecular flexibility index (Phi) is 7.33. The fraction of sp³-hybridized carbons (Fsp3) is 0.286. The van der Waals surface area contributed by atoms with Crippen molar-refractivity contribution >= 4 is 18.1 Å². The van der Waals surface area contributed by atoms with E-state index in [9.17, 15) is 10.1 Å². The summed E-state index contributed by atoms with van der Waals surface area (Å²) in [7, 11) is 0. The van der Waals surface area contributed by atoms with Gasteiger partial charge in [0, 0.05) is 25.2 Å². The zero-order valence-electron chi connectivity index (χ0n) is 12.4. The first-order valence-corrected chi connectivity index (χ1v) is 6.70. The van der Waals surface area contributed by atoms with Crippen LogP contribution in [0.2, 0.25) is 0 Å². The molecular formula is C14H18ClN5O3. The normalized spacial score (nSPS) is 10.3.